The molecule has 0 radical (unpaired) electrons. The normalized spacial score (nSPS) is 13.8. The lowest BCUT2D eigenvalue weighted by molar-refractivity contribution is 0.0734. The van der Waals surface area contributed by atoms with E-state index in [0.29, 0.717) is 51.9 Å². The second-order valence-electron chi connectivity index (χ2n) is 9.68. The summed E-state index contributed by atoms with van der Waals surface area (Å²) in [5.41, 5.74) is 8.48. The van der Waals surface area contributed by atoms with E-state index in [1.807, 2.05) is 6.92 Å². The van der Waals surface area contributed by atoms with Gasteiger partial charge >= 0.3 is 5.97 Å². The number of rotatable bonds is 10. The van der Waals surface area contributed by atoms with Crippen molar-refractivity contribution in [1.29, 1.82) is 5.26 Å². The van der Waals surface area contributed by atoms with Crippen LogP contribution in [0.2, 0.25) is 0 Å². The average Bonchev–Trinajstić information content (AvgIpc) is 3.02. The number of benzene rings is 4. The van der Waals surface area contributed by atoms with Crippen molar-refractivity contribution in [3.63, 3.8) is 0 Å². The van der Waals surface area contributed by atoms with Gasteiger partial charge in [-0.15, -0.1) is 0 Å². The van der Waals surface area contributed by atoms with Crippen molar-refractivity contribution in [3.05, 3.63) is 124 Å². The van der Waals surface area contributed by atoms with E-state index < -0.39 is 11.9 Å². The number of carbonyl (C=O) groups is 1. The molecule has 1 atom stereocenters. The highest BCUT2D eigenvalue weighted by Crippen LogP contribution is 2.45. The first kappa shape index (κ1) is 29.0. The zero-order valence-corrected chi connectivity index (χ0v) is 23.6. The number of esters is 1. The predicted octanol–water partition coefficient (Wildman–Crippen LogP) is 6.64. The lowest BCUT2D eigenvalue weighted by atomic mass is 9.83. The van der Waals surface area contributed by atoms with Gasteiger partial charge in [0.2, 0.25) is 5.88 Å². The van der Waals surface area contributed by atoms with Gasteiger partial charge in [-0.3, -0.25) is 0 Å². The lowest BCUT2D eigenvalue weighted by Crippen LogP contribution is -2.21. The first-order chi connectivity index (χ1) is 20.9. The molecule has 0 saturated heterocycles. The molecule has 43 heavy (non-hydrogen) atoms. The molecule has 2 N–H and O–H groups in total. The minimum absolute atomic E-state index is 0.0110. The quantitative estimate of drug-likeness (QED) is 0.164. The number of nitriles is 1. The molecule has 8 nitrogen and oxygen atoms in total. The molecule has 1 aliphatic heterocycles. The van der Waals surface area contributed by atoms with Gasteiger partial charge in [0.15, 0.2) is 11.5 Å². The van der Waals surface area contributed by atoms with Gasteiger partial charge in [-0.1, -0.05) is 37.3 Å². The van der Waals surface area contributed by atoms with Crippen LogP contribution in [0.15, 0.2) is 96.4 Å². The molecule has 0 fully saturated rings. The summed E-state index contributed by atoms with van der Waals surface area (Å²) in [6.07, 6.45) is 0.880. The van der Waals surface area contributed by atoms with Gasteiger partial charge in [0.25, 0.3) is 0 Å². The molecule has 1 unspecified atom stereocenters. The summed E-state index contributed by atoms with van der Waals surface area (Å²) >= 11 is 0. The lowest BCUT2D eigenvalue weighted by Gasteiger charge is -2.27. The number of nitrogens with two attached hydrogens (primary N) is 1. The summed E-state index contributed by atoms with van der Waals surface area (Å²) in [7, 11) is 1.49. The molecule has 1 heterocycles. The van der Waals surface area contributed by atoms with Crippen molar-refractivity contribution in [1.82, 2.24) is 0 Å². The molecular formula is C34H29FN2O6. The fourth-order valence-corrected chi connectivity index (χ4v) is 4.67. The summed E-state index contributed by atoms with van der Waals surface area (Å²) in [6, 6.07) is 25.3. The highest BCUT2D eigenvalue weighted by Gasteiger charge is 2.32. The van der Waals surface area contributed by atoms with Crippen LogP contribution in [0, 0.1) is 17.1 Å². The zero-order chi connectivity index (χ0) is 30.3. The van der Waals surface area contributed by atoms with E-state index in [-0.39, 0.29) is 29.6 Å². The van der Waals surface area contributed by atoms with Crippen molar-refractivity contribution in [3.8, 4) is 34.8 Å². The molecule has 1 aliphatic rings. The summed E-state index contributed by atoms with van der Waals surface area (Å²) in [5.74, 6) is 0.490. The van der Waals surface area contributed by atoms with Crippen LogP contribution in [0.5, 0.6) is 28.7 Å². The fourth-order valence-electron chi connectivity index (χ4n) is 4.67. The van der Waals surface area contributed by atoms with E-state index in [1.54, 1.807) is 78.9 Å². The van der Waals surface area contributed by atoms with Gasteiger partial charge in [-0.25, -0.2) is 9.18 Å². The van der Waals surface area contributed by atoms with E-state index >= 15 is 0 Å². The van der Waals surface area contributed by atoms with Crippen molar-refractivity contribution < 1.29 is 32.9 Å². The summed E-state index contributed by atoms with van der Waals surface area (Å²) in [5, 5.41) is 9.97. The number of hydrogen-bond donors (Lipinski definition) is 1. The second kappa shape index (κ2) is 13.0. The maximum atomic E-state index is 14.1. The Morgan fingerprint density at radius 2 is 1.74 bits per heavy atom. The van der Waals surface area contributed by atoms with Crippen LogP contribution in [-0.2, 0) is 6.61 Å². The Morgan fingerprint density at radius 3 is 2.47 bits per heavy atom. The Morgan fingerprint density at radius 1 is 0.977 bits per heavy atom. The topological polar surface area (TPSA) is 113 Å². The van der Waals surface area contributed by atoms with Gasteiger partial charge in [0.05, 0.1) is 25.2 Å². The number of halogens is 1. The molecule has 0 amide bonds. The van der Waals surface area contributed by atoms with E-state index in [0.717, 1.165) is 6.42 Å². The largest absolute Gasteiger partial charge is 0.494 e. The van der Waals surface area contributed by atoms with Crippen LogP contribution in [0.4, 0.5) is 4.39 Å². The summed E-state index contributed by atoms with van der Waals surface area (Å²) in [6.45, 7) is 2.61. The Hall–Kier alpha value is -5.49. The smallest absolute Gasteiger partial charge is 0.343 e. The third kappa shape index (κ3) is 6.39. The van der Waals surface area contributed by atoms with E-state index in [2.05, 4.69) is 6.07 Å². The first-order valence-corrected chi connectivity index (χ1v) is 13.6. The Kier molecular flexibility index (Phi) is 8.77. The number of carbonyl (C=O) groups excluding carboxylic acids is 1. The highest BCUT2D eigenvalue weighted by molar-refractivity contribution is 5.91. The van der Waals surface area contributed by atoms with Crippen LogP contribution in [-0.4, -0.2) is 19.7 Å². The number of ether oxygens (including phenoxy) is 5. The zero-order valence-electron chi connectivity index (χ0n) is 23.6. The van der Waals surface area contributed by atoms with Gasteiger partial charge in [0.1, 0.15) is 41.3 Å². The standard InChI is InChI=1S/C34H29FN2O6/c1-3-16-40-24-11-8-21(9-12-24)34(38)42-25-13-14-26-30(18-25)43-33(37)27(19-36)32(26)22-10-15-29(31(17-22)39-2)41-20-23-6-4-5-7-28(23)35/h4-15,17-18,32H,3,16,20,37H2,1-2H3. The molecule has 5 rings (SSSR count). The van der Waals surface area contributed by atoms with Gasteiger partial charge in [0, 0.05) is 17.2 Å². The number of hydrogen-bond acceptors (Lipinski definition) is 8. The minimum atomic E-state index is -0.594. The number of methoxy groups -OCH3 is 1. The minimum Gasteiger partial charge on any atom is -0.494 e. The first-order valence-electron chi connectivity index (χ1n) is 13.6. The predicted molar refractivity (Wildman–Crippen MR) is 157 cm³/mol. The van der Waals surface area contributed by atoms with Gasteiger partial charge < -0.3 is 29.4 Å². The second-order valence-corrected chi connectivity index (χ2v) is 9.68. The van der Waals surface area contributed by atoms with Crippen LogP contribution >= 0.6 is 0 Å². The fraction of sp³-hybridized carbons (Fsp3) is 0.176. The van der Waals surface area contributed by atoms with Crippen LogP contribution in [0.1, 0.15) is 46.3 Å². The maximum Gasteiger partial charge on any atom is 0.343 e. The molecule has 218 valence electrons. The molecule has 0 spiro atoms. The van der Waals surface area contributed by atoms with Crippen molar-refractivity contribution >= 4 is 5.97 Å². The molecule has 4 aromatic rings. The van der Waals surface area contributed by atoms with Gasteiger partial charge in [-0.05, 0) is 60.5 Å². The summed E-state index contributed by atoms with van der Waals surface area (Å²) < 4.78 is 42.4. The molecule has 9 heteroatoms. The molecule has 4 aromatic carbocycles. The van der Waals surface area contributed by atoms with Crippen LogP contribution in [0.25, 0.3) is 0 Å². The van der Waals surface area contributed by atoms with E-state index in [1.165, 1.54) is 13.2 Å². The van der Waals surface area contributed by atoms with Crippen LogP contribution < -0.4 is 29.4 Å². The third-order valence-corrected chi connectivity index (χ3v) is 6.83. The molecule has 0 saturated carbocycles. The molecular weight excluding hydrogens is 551 g/mol. The highest BCUT2D eigenvalue weighted by atomic mass is 19.1. The Bertz CT molecular complexity index is 1710. The summed E-state index contributed by atoms with van der Waals surface area (Å²) in [4.78, 5) is 12.8. The SMILES string of the molecule is CCCOc1ccc(C(=O)Oc2ccc3c(c2)OC(N)=C(C#N)C3c2ccc(OCc3ccccc3F)c(OC)c2)cc1. The van der Waals surface area contributed by atoms with Gasteiger partial charge in [-0.2, -0.15) is 5.26 Å². The Labute approximate surface area is 248 Å². The van der Waals surface area contributed by atoms with Crippen molar-refractivity contribution in [2.75, 3.05) is 13.7 Å². The van der Waals surface area contributed by atoms with Crippen molar-refractivity contribution in [2.45, 2.75) is 25.9 Å². The average molecular weight is 581 g/mol. The molecule has 0 bridgehead atoms. The third-order valence-electron chi connectivity index (χ3n) is 6.83. The molecule has 0 aliphatic carbocycles. The molecule has 0 aromatic heterocycles. The monoisotopic (exact) mass is 580 g/mol. The number of allylic oxidation sites excluding steroid dienone is 1. The van der Waals surface area contributed by atoms with E-state index in [9.17, 15) is 14.4 Å². The maximum absolute atomic E-state index is 14.1. The Balaban J connectivity index is 1.39. The van der Waals surface area contributed by atoms with E-state index in [4.69, 9.17) is 29.4 Å². The van der Waals surface area contributed by atoms with Crippen molar-refractivity contribution in [2.24, 2.45) is 5.73 Å². The number of fused-ring (bicyclic) bond motifs is 1. The van der Waals surface area contributed by atoms with Crippen LogP contribution in [0.3, 0.4) is 0 Å². The number of nitrogens with zero attached hydrogens (tertiary/aromatic N) is 1.